The Morgan fingerprint density at radius 3 is 2.40 bits per heavy atom. The molecule has 1 atom stereocenters. The molecular formula is C26H17ClF5N11. The van der Waals surface area contributed by atoms with Crippen LogP contribution in [-0.2, 0) is 19.6 Å². The van der Waals surface area contributed by atoms with E-state index in [0.29, 0.717) is 28.1 Å². The van der Waals surface area contributed by atoms with Crippen molar-refractivity contribution in [2.24, 2.45) is 7.05 Å². The van der Waals surface area contributed by atoms with E-state index in [1.807, 2.05) is 0 Å². The molecular weight excluding hydrogens is 597 g/mol. The summed E-state index contributed by atoms with van der Waals surface area (Å²) in [5, 5.41) is 22.4. The number of halogens is 6. The molecule has 0 saturated heterocycles. The van der Waals surface area contributed by atoms with Gasteiger partial charge in [0.25, 0.3) is 5.95 Å². The summed E-state index contributed by atoms with van der Waals surface area (Å²) in [6.45, 7) is 0. The van der Waals surface area contributed by atoms with Gasteiger partial charge in [-0.15, -0.1) is 5.10 Å². The average Bonchev–Trinajstić information content (AvgIpc) is 3.75. The molecule has 1 aromatic carbocycles. The van der Waals surface area contributed by atoms with E-state index in [0.717, 1.165) is 12.3 Å². The molecule has 0 aliphatic heterocycles. The van der Waals surface area contributed by atoms with Crippen LogP contribution in [0.3, 0.4) is 0 Å². The number of rotatable bonds is 7. The third-order valence-corrected chi connectivity index (χ3v) is 6.90. The van der Waals surface area contributed by atoms with Crippen LogP contribution in [-0.4, -0.2) is 54.9 Å². The van der Waals surface area contributed by atoms with Gasteiger partial charge in [0.2, 0.25) is 0 Å². The van der Waals surface area contributed by atoms with Gasteiger partial charge in [0, 0.05) is 48.7 Å². The van der Waals surface area contributed by atoms with E-state index in [1.165, 1.54) is 51.9 Å². The number of nitrogens with zero attached hydrogens (tertiary/aromatic N) is 11. The molecule has 0 aliphatic rings. The van der Waals surface area contributed by atoms with E-state index in [2.05, 4.69) is 40.9 Å². The lowest BCUT2D eigenvalue weighted by molar-refractivity contribution is -0.141. The fourth-order valence-electron chi connectivity index (χ4n) is 4.57. The zero-order valence-electron chi connectivity index (χ0n) is 21.8. The molecule has 0 amide bonds. The molecule has 5 aromatic heterocycles. The van der Waals surface area contributed by atoms with Crippen LogP contribution in [0.5, 0.6) is 0 Å². The van der Waals surface area contributed by atoms with E-state index in [4.69, 9.17) is 11.6 Å². The lowest BCUT2D eigenvalue weighted by Crippen LogP contribution is -2.16. The normalized spacial score (nSPS) is 12.5. The molecule has 0 aliphatic carbocycles. The maximum Gasteiger partial charge on any atom is 0.433 e. The van der Waals surface area contributed by atoms with Crippen LogP contribution in [0, 0.1) is 11.8 Å². The monoisotopic (exact) mass is 613 g/mol. The molecule has 0 saturated carbocycles. The van der Waals surface area contributed by atoms with Crippen molar-refractivity contribution >= 4 is 11.6 Å². The van der Waals surface area contributed by atoms with Crippen LogP contribution in [0.2, 0.25) is 5.02 Å². The Morgan fingerprint density at radius 2 is 1.77 bits per heavy atom. The molecule has 0 fully saturated rings. The summed E-state index contributed by atoms with van der Waals surface area (Å²) >= 11 is 6.07. The number of benzene rings is 1. The Balaban J connectivity index is 1.40. The minimum absolute atomic E-state index is 0.0936. The van der Waals surface area contributed by atoms with Crippen LogP contribution >= 0.6 is 11.6 Å². The highest BCUT2D eigenvalue weighted by Crippen LogP contribution is 2.34. The molecule has 5 heterocycles. The SMILES string of the molecule is Cn1nnc(F)c1-c1cnn(C(Cc2ccc(C(F)(F)F)nc2)c2ccc(-c3c(-n4cnnn4)ccc(Cl)c3F)cn2)c1. The summed E-state index contributed by atoms with van der Waals surface area (Å²) in [6.07, 6.45) is 2.33. The van der Waals surface area contributed by atoms with Gasteiger partial charge in [-0.2, -0.15) is 27.3 Å². The first kappa shape index (κ1) is 28.0. The van der Waals surface area contributed by atoms with Crippen molar-refractivity contribution in [1.29, 1.82) is 0 Å². The summed E-state index contributed by atoms with van der Waals surface area (Å²) in [5.74, 6) is -1.50. The second-order valence-corrected chi connectivity index (χ2v) is 9.72. The molecule has 1 unspecified atom stereocenters. The first-order chi connectivity index (χ1) is 20.6. The van der Waals surface area contributed by atoms with Gasteiger partial charge in [-0.3, -0.25) is 14.6 Å². The largest absolute Gasteiger partial charge is 0.433 e. The van der Waals surface area contributed by atoms with Gasteiger partial charge in [-0.05, 0) is 40.3 Å². The van der Waals surface area contributed by atoms with Gasteiger partial charge < -0.3 is 0 Å². The van der Waals surface area contributed by atoms with E-state index in [1.54, 1.807) is 24.4 Å². The molecule has 43 heavy (non-hydrogen) atoms. The summed E-state index contributed by atoms with van der Waals surface area (Å²) in [7, 11) is 1.52. The van der Waals surface area contributed by atoms with Gasteiger partial charge in [-0.25, -0.2) is 9.07 Å². The number of aromatic nitrogens is 11. The Kier molecular flexibility index (Phi) is 7.13. The van der Waals surface area contributed by atoms with Crippen molar-refractivity contribution in [2.45, 2.75) is 18.6 Å². The maximum atomic E-state index is 15.3. The molecule has 0 spiro atoms. The van der Waals surface area contributed by atoms with Crippen LogP contribution in [0.15, 0.2) is 67.5 Å². The minimum atomic E-state index is -4.59. The highest BCUT2D eigenvalue weighted by Gasteiger charge is 2.32. The number of tetrazole rings is 1. The Bertz CT molecular complexity index is 1860. The number of aryl methyl sites for hydroxylation is 1. The lowest BCUT2D eigenvalue weighted by Gasteiger charge is -2.19. The standard InChI is InChI=1S/C26H17ClF5N11/c1-41-24(25(29)37-39-41)16-11-36-42(12-16)20(8-14-2-7-21(34-9-14)26(30,31)32)18-5-3-15(10-33-18)22-19(43-13-35-38-40-43)6-4-17(27)23(22)28/h2-7,9-13,20H,8H2,1H3. The summed E-state index contributed by atoms with van der Waals surface area (Å²) in [6, 6.07) is 7.68. The van der Waals surface area contributed by atoms with Gasteiger partial charge in [-0.1, -0.05) is 34.0 Å². The Hall–Kier alpha value is -5.12. The van der Waals surface area contributed by atoms with E-state index in [9.17, 15) is 17.6 Å². The van der Waals surface area contributed by atoms with E-state index in [-0.39, 0.29) is 22.7 Å². The second-order valence-electron chi connectivity index (χ2n) is 9.31. The van der Waals surface area contributed by atoms with Gasteiger partial charge in [0.1, 0.15) is 17.7 Å². The van der Waals surface area contributed by atoms with Crippen molar-refractivity contribution in [3.8, 4) is 28.1 Å². The minimum Gasteiger partial charge on any atom is -0.263 e. The molecule has 218 valence electrons. The predicted octanol–water partition coefficient (Wildman–Crippen LogP) is 4.89. The summed E-state index contributed by atoms with van der Waals surface area (Å²) in [5.41, 5.74) is 1.08. The topological polar surface area (TPSA) is 118 Å². The zero-order chi connectivity index (χ0) is 30.3. The third-order valence-electron chi connectivity index (χ3n) is 6.61. The van der Waals surface area contributed by atoms with Crippen molar-refractivity contribution in [3.05, 3.63) is 101 Å². The van der Waals surface area contributed by atoms with E-state index >= 15 is 4.39 Å². The summed E-state index contributed by atoms with van der Waals surface area (Å²) < 4.78 is 72.9. The van der Waals surface area contributed by atoms with Gasteiger partial charge >= 0.3 is 6.18 Å². The molecule has 0 N–H and O–H groups in total. The highest BCUT2D eigenvalue weighted by molar-refractivity contribution is 6.31. The number of hydrogen-bond acceptors (Lipinski definition) is 8. The maximum absolute atomic E-state index is 15.3. The lowest BCUT2D eigenvalue weighted by atomic mass is 10.0. The fraction of sp³-hybridized carbons (Fsp3) is 0.154. The highest BCUT2D eigenvalue weighted by atomic mass is 35.5. The Morgan fingerprint density at radius 1 is 0.930 bits per heavy atom. The summed E-state index contributed by atoms with van der Waals surface area (Å²) in [4.78, 5) is 8.10. The van der Waals surface area contributed by atoms with E-state index < -0.39 is 29.7 Å². The first-order valence-corrected chi connectivity index (χ1v) is 12.8. The van der Waals surface area contributed by atoms with Crippen molar-refractivity contribution in [1.82, 2.24) is 54.9 Å². The van der Waals surface area contributed by atoms with Gasteiger partial charge in [0.05, 0.1) is 28.6 Å². The molecule has 6 aromatic rings. The van der Waals surface area contributed by atoms with Crippen molar-refractivity contribution in [2.75, 3.05) is 0 Å². The number of pyridine rings is 2. The Labute approximate surface area is 243 Å². The first-order valence-electron chi connectivity index (χ1n) is 12.4. The number of hydrogen-bond donors (Lipinski definition) is 0. The van der Waals surface area contributed by atoms with Crippen LogP contribution in [0.4, 0.5) is 22.0 Å². The predicted molar refractivity (Wildman–Crippen MR) is 141 cm³/mol. The smallest absolute Gasteiger partial charge is 0.263 e. The molecule has 17 heteroatoms. The third kappa shape index (κ3) is 5.43. The quantitative estimate of drug-likeness (QED) is 0.234. The van der Waals surface area contributed by atoms with Gasteiger partial charge in [0.15, 0.2) is 5.82 Å². The molecule has 0 radical (unpaired) electrons. The number of alkyl halides is 3. The molecule has 6 rings (SSSR count). The fourth-order valence-corrected chi connectivity index (χ4v) is 4.72. The molecule has 11 nitrogen and oxygen atoms in total. The zero-order valence-corrected chi connectivity index (χ0v) is 22.6. The molecule has 0 bridgehead atoms. The van der Waals surface area contributed by atoms with Crippen LogP contribution in [0.25, 0.3) is 28.1 Å². The van der Waals surface area contributed by atoms with Crippen molar-refractivity contribution < 1.29 is 22.0 Å². The second kappa shape index (κ2) is 10.9. The average molecular weight is 614 g/mol. The van der Waals surface area contributed by atoms with Crippen molar-refractivity contribution in [3.63, 3.8) is 0 Å². The van der Waals surface area contributed by atoms with Crippen LogP contribution in [0.1, 0.15) is 23.0 Å². The van der Waals surface area contributed by atoms with Crippen LogP contribution < -0.4 is 0 Å².